The van der Waals surface area contributed by atoms with Gasteiger partial charge in [0.15, 0.2) is 5.13 Å². The van der Waals surface area contributed by atoms with E-state index in [4.69, 9.17) is 0 Å². The van der Waals surface area contributed by atoms with E-state index >= 15 is 0 Å². The highest BCUT2D eigenvalue weighted by Gasteiger charge is 2.20. The monoisotopic (exact) mass is 253 g/mol. The molecule has 0 amide bonds. The summed E-state index contributed by atoms with van der Waals surface area (Å²) in [5.74, 6) is 0.904. The molecule has 0 saturated heterocycles. The van der Waals surface area contributed by atoms with E-state index in [2.05, 4.69) is 36.1 Å². The Labute approximate surface area is 108 Å². The molecule has 1 fully saturated rings. The SMILES string of the molecule is CC(C)NCc1cnc(N(C)CC2CCC2)s1. The number of thiazole rings is 1. The van der Waals surface area contributed by atoms with Crippen molar-refractivity contribution < 1.29 is 0 Å². The predicted octanol–water partition coefficient (Wildman–Crippen LogP) is 2.88. The summed E-state index contributed by atoms with van der Waals surface area (Å²) in [5.41, 5.74) is 0. The van der Waals surface area contributed by atoms with Crippen molar-refractivity contribution in [3.63, 3.8) is 0 Å². The molecule has 3 nitrogen and oxygen atoms in total. The van der Waals surface area contributed by atoms with Gasteiger partial charge in [0.1, 0.15) is 0 Å². The van der Waals surface area contributed by atoms with Crippen molar-refractivity contribution in [1.29, 1.82) is 0 Å². The van der Waals surface area contributed by atoms with Crippen LogP contribution in [0.25, 0.3) is 0 Å². The van der Waals surface area contributed by atoms with E-state index in [0.29, 0.717) is 6.04 Å². The molecule has 0 radical (unpaired) electrons. The number of aromatic nitrogens is 1. The molecule has 0 aliphatic heterocycles. The van der Waals surface area contributed by atoms with Crippen molar-refractivity contribution in [3.05, 3.63) is 11.1 Å². The largest absolute Gasteiger partial charge is 0.351 e. The van der Waals surface area contributed by atoms with Gasteiger partial charge in [0.05, 0.1) is 0 Å². The van der Waals surface area contributed by atoms with Crippen LogP contribution in [0.5, 0.6) is 0 Å². The van der Waals surface area contributed by atoms with Crippen molar-refractivity contribution >= 4 is 16.5 Å². The molecule has 1 N–H and O–H groups in total. The van der Waals surface area contributed by atoms with Gasteiger partial charge < -0.3 is 10.2 Å². The number of nitrogens with zero attached hydrogens (tertiary/aromatic N) is 2. The molecule has 2 rings (SSSR count). The Bertz CT molecular complexity index is 344. The van der Waals surface area contributed by atoms with E-state index in [0.717, 1.165) is 17.6 Å². The van der Waals surface area contributed by atoms with Crippen LogP contribution in [0.3, 0.4) is 0 Å². The summed E-state index contributed by atoms with van der Waals surface area (Å²) in [4.78, 5) is 8.15. The molecule has 0 unspecified atom stereocenters. The minimum Gasteiger partial charge on any atom is -0.351 e. The smallest absolute Gasteiger partial charge is 0.185 e. The summed E-state index contributed by atoms with van der Waals surface area (Å²) in [6, 6.07) is 0.535. The van der Waals surface area contributed by atoms with Gasteiger partial charge in [-0.25, -0.2) is 4.98 Å². The third-order valence-corrected chi connectivity index (χ3v) is 4.42. The number of anilines is 1. The summed E-state index contributed by atoms with van der Waals surface area (Å²) in [7, 11) is 2.16. The Morgan fingerprint density at radius 2 is 2.29 bits per heavy atom. The zero-order valence-corrected chi connectivity index (χ0v) is 11.9. The fourth-order valence-electron chi connectivity index (χ4n) is 2.00. The van der Waals surface area contributed by atoms with E-state index in [9.17, 15) is 0 Å². The molecule has 4 heteroatoms. The van der Waals surface area contributed by atoms with Crippen LogP contribution in [-0.2, 0) is 6.54 Å². The summed E-state index contributed by atoms with van der Waals surface area (Å²) < 4.78 is 0. The third-order valence-electron chi connectivity index (χ3n) is 3.31. The van der Waals surface area contributed by atoms with Gasteiger partial charge in [0.2, 0.25) is 0 Å². The van der Waals surface area contributed by atoms with Crippen molar-refractivity contribution in [2.75, 3.05) is 18.5 Å². The lowest BCUT2D eigenvalue weighted by molar-refractivity contribution is 0.321. The molecule has 0 bridgehead atoms. The van der Waals surface area contributed by atoms with Gasteiger partial charge in [-0.15, -0.1) is 11.3 Å². The van der Waals surface area contributed by atoms with Gasteiger partial charge in [-0.1, -0.05) is 20.3 Å². The molecule has 1 aromatic heterocycles. The van der Waals surface area contributed by atoms with Crippen molar-refractivity contribution in [1.82, 2.24) is 10.3 Å². The van der Waals surface area contributed by atoms with E-state index in [1.54, 1.807) is 0 Å². The number of hydrogen-bond acceptors (Lipinski definition) is 4. The Morgan fingerprint density at radius 1 is 1.53 bits per heavy atom. The maximum Gasteiger partial charge on any atom is 0.185 e. The Hall–Kier alpha value is -0.610. The van der Waals surface area contributed by atoms with E-state index in [1.165, 1.54) is 30.7 Å². The quantitative estimate of drug-likeness (QED) is 0.845. The van der Waals surface area contributed by atoms with Crippen LogP contribution in [0.15, 0.2) is 6.20 Å². The average molecular weight is 253 g/mol. The lowest BCUT2D eigenvalue weighted by Crippen LogP contribution is -2.29. The zero-order valence-electron chi connectivity index (χ0n) is 11.1. The number of hydrogen-bond donors (Lipinski definition) is 1. The maximum atomic E-state index is 4.51. The van der Waals surface area contributed by atoms with Crippen LogP contribution in [0.2, 0.25) is 0 Å². The van der Waals surface area contributed by atoms with Crippen molar-refractivity contribution in [2.45, 2.75) is 45.7 Å². The molecular formula is C13H23N3S. The average Bonchev–Trinajstić information content (AvgIpc) is 2.69. The Kier molecular flexibility index (Phi) is 4.40. The second-order valence-electron chi connectivity index (χ2n) is 5.32. The fraction of sp³-hybridized carbons (Fsp3) is 0.769. The highest BCUT2D eigenvalue weighted by atomic mass is 32.1. The van der Waals surface area contributed by atoms with Crippen LogP contribution in [-0.4, -0.2) is 24.6 Å². The van der Waals surface area contributed by atoms with Gasteiger partial charge >= 0.3 is 0 Å². The Morgan fingerprint density at radius 3 is 2.88 bits per heavy atom. The van der Waals surface area contributed by atoms with Gasteiger partial charge in [-0.3, -0.25) is 0 Å². The first-order chi connectivity index (χ1) is 8.15. The molecule has 1 aliphatic carbocycles. The molecule has 17 heavy (non-hydrogen) atoms. The molecular weight excluding hydrogens is 230 g/mol. The van der Waals surface area contributed by atoms with E-state index in [1.807, 2.05) is 17.5 Å². The standard InChI is InChI=1S/C13H23N3S/c1-10(2)14-7-12-8-15-13(17-12)16(3)9-11-5-4-6-11/h8,10-11,14H,4-7,9H2,1-3H3. The highest BCUT2D eigenvalue weighted by Crippen LogP contribution is 2.29. The van der Waals surface area contributed by atoms with Gasteiger partial charge in [0.25, 0.3) is 0 Å². The van der Waals surface area contributed by atoms with Crippen LogP contribution < -0.4 is 10.2 Å². The van der Waals surface area contributed by atoms with Crippen molar-refractivity contribution in [2.24, 2.45) is 5.92 Å². The lowest BCUT2D eigenvalue weighted by atomic mass is 9.85. The maximum absolute atomic E-state index is 4.51. The molecule has 0 atom stereocenters. The second-order valence-corrected chi connectivity index (χ2v) is 6.42. The molecule has 1 aromatic rings. The van der Waals surface area contributed by atoms with Crippen LogP contribution >= 0.6 is 11.3 Å². The predicted molar refractivity (Wildman–Crippen MR) is 74.7 cm³/mol. The first-order valence-corrected chi connectivity index (χ1v) is 7.36. The first-order valence-electron chi connectivity index (χ1n) is 6.54. The topological polar surface area (TPSA) is 28.2 Å². The number of rotatable bonds is 6. The fourth-order valence-corrected chi connectivity index (χ4v) is 2.83. The molecule has 1 heterocycles. The first kappa shape index (κ1) is 12.8. The van der Waals surface area contributed by atoms with Crippen LogP contribution in [0.1, 0.15) is 38.0 Å². The summed E-state index contributed by atoms with van der Waals surface area (Å²) in [6.45, 7) is 6.45. The minimum absolute atomic E-state index is 0.535. The minimum atomic E-state index is 0.535. The van der Waals surface area contributed by atoms with Gasteiger partial charge in [-0.2, -0.15) is 0 Å². The molecule has 0 spiro atoms. The summed E-state index contributed by atoms with van der Waals surface area (Å²) in [6.07, 6.45) is 6.22. The van der Waals surface area contributed by atoms with Gasteiger partial charge in [0, 0.05) is 37.3 Å². The second kappa shape index (κ2) is 5.83. The van der Waals surface area contributed by atoms with E-state index in [-0.39, 0.29) is 0 Å². The molecule has 1 saturated carbocycles. The molecule has 96 valence electrons. The van der Waals surface area contributed by atoms with Gasteiger partial charge in [-0.05, 0) is 18.8 Å². The zero-order chi connectivity index (χ0) is 12.3. The van der Waals surface area contributed by atoms with Crippen LogP contribution in [0.4, 0.5) is 5.13 Å². The molecule has 1 aliphatic rings. The normalized spacial score (nSPS) is 16.2. The van der Waals surface area contributed by atoms with Crippen molar-refractivity contribution in [3.8, 4) is 0 Å². The lowest BCUT2D eigenvalue weighted by Gasteiger charge is -2.29. The Balaban J connectivity index is 1.83. The summed E-state index contributed by atoms with van der Waals surface area (Å²) >= 11 is 1.81. The third kappa shape index (κ3) is 3.68. The number of nitrogens with one attached hydrogen (secondary N) is 1. The summed E-state index contributed by atoms with van der Waals surface area (Å²) in [5, 5.41) is 4.59. The highest BCUT2D eigenvalue weighted by molar-refractivity contribution is 7.15. The van der Waals surface area contributed by atoms with E-state index < -0.39 is 0 Å². The molecule has 0 aromatic carbocycles. The van der Waals surface area contributed by atoms with Crippen LogP contribution in [0, 0.1) is 5.92 Å².